The highest BCUT2D eigenvalue weighted by Gasteiger charge is 2.12. The lowest BCUT2D eigenvalue weighted by Gasteiger charge is -2.06. The first-order valence-electron chi connectivity index (χ1n) is 10.5. The van der Waals surface area contributed by atoms with E-state index in [-0.39, 0.29) is 10.8 Å². The molecule has 0 radical (unpaired) electrons. The van der Waals surface area contributed by atoms with Crippen LogP contribution in [0.25, 0.3) is 33.3 Å². The average molecular weight is 459 g/mol. The quantitative estimate of drug-likeness (QED) is 0.393. The van der Waals surface area contributed by atoms with Gasteiger partial charge in [-0.05, 0) is 73.7 Å². The van der Waals surface area contributed by atoms with Crippen molar-refractivity contribution in [2.75, 3.05) is 11.6 Å². The van der Waals surface area contributed by atoms with Crippen LogP contribution in [0.3, 0.4) is 0 Å². The molecule has 0 atom stereocenters. The van der Waals surface area contributed by atoms with Gasteiger partial charge in [0.05, 0.1) is 15.9 Å². The number of hydrogen-bond acceptors (Lipinski definition) is 4. The number of rotatable bonds is 5. The maximum atomic E-state index is 12.8. The minimum Gasteiger partial charge on any atom is -0.348 e. The second kappa shape index (κ2) is 7.90. The summed E-state index contributed by atoms with van der Waals surface area (Å²) in [5.74, 6) is 0.441. The number of sulfone groups is 1. The zero-order valence-electron chi connectivity index (χ0n) is 18.2. The molecule has 0 unspecified atom stereocenters. The Morgan fingerprint density at radius 1 is 1.03 bits per heavy atom. The van der Waals surface area contributed by atoms with Crippen LogP contribution in [0.5, 0.6) is 0 Å². The number of anilines is 1. The van der Waals surface area contributed by atoms with Gasteiger partial charge in [-0.15, -0.1) is 0 Å². The Kier molecular flexibility index (Phi) is 5.02. The van der Waals surface area contributed by atoms with Crippen LogP contribution in [-0.2, 0) is 16.4 Å². The number of H-pyrrole nitrogens is 1. The van der Waals surface area contributed by atoms with Gasteiger partial charge in [-0.3, -0.25) is 4.79 Å². The molecule has 166 valence electrons. The van der Waals surface area contributed by atoms with E-state index >= 15 is 0 Å². The number of amides is 1. The SMILES string of the molecule is CCn1ccc2cc(C(=O)Nc3ccc4nc(-c5ccc(S(C)(=O)=O)cc5)[nH]c4c3)ccc21. The second-order valence-corrected chi connectivity index (χ2v) is 9.96. The molecule has 5 aromatic rings. The van der Waals surface area contributed by atoms with Gasteiger partial charge in [0.25, 0.3) is 5.91 Å². The maximum absolute atomic E-state index is 12.8. The number of hydrogen-bond donors (Lipinski definition) is 2. The fourth-order valence-electron chi connectivity index (χ4n) is 3.90. The summed E-state index contributed by atoms with van der Waals surface area (Å²) in [7, 11) is -3.25. The number of aromatic nitrogens is 3. The Bertz CT molecular complexity index is 1610. The third-order valence-electron chi connectivity index (χ3n) is 5.67. The molecule has 0 aliphatic carbocycles. The lowest BCUT2D eigenvalue weighted by atomic mass is 10.1. The molecule has 0 fully saturated rings. The fraction of sp³-hybridized carbons (Fsp3) is 0.120. The summed E-state index contributed by atoms with van der Waals surface area (Å²) in [6.45, 7) is 2.96. The highest BCUT2D eigenvalue weighted by atomic mass is 32.2. The van der Waals surface area contributed by atoms with Crippen LogP contribution in [0.15, 0.2) is 77.8 Å². The van der Waals surface area contributed by atoms with Crippen LogP contribution in [0, 0.1) is 0 Å². The number of nitrogens with one attached hydrogen (secondary N) is 2. The first kappa shape index (κ1) is 21.0. The molecule has 0 saturated carbocycles. The Morgan fingerprint density at radius 3 is 2.55 bits per heavy atom. The zero-order chi connectivity index (χ0) is 23.2. The highest BCUT2D eigenvalue weighted by Crippen LogP contribution is 2.25. The molecule has 0 spiro atoms. The predicted octanol–water partition coefficient (Wildman–Crippen LogP) is 4.86. The van der Waals surface area contributed by atoms with Crippen molar-refractivity contribution in [2.24, 2.45) is 0 Å². The van der Waals surface area contributed by atoms with E-state index in [9.17, 15) is 13.2 Å². The van der Waals surface area contributed by atoms with Gasteiger partial charge in [0.2, 0.25) is 0 Å². The lowest BCUT2D eigenvalue weighted by Crippen LogP contribution is -2.11. The molecule has 5 rings (SSSR count). The molecule has 0 aliphatic heterocycles. The van der Waals surface area contributed by atoms with Crippen LogP contribution >= 0.6 is 0 Å². The minimum atomic E-state index is -3.25. The summed E-state index contributed by atoms with van der Waals surface area (Å²) < 4.78 is 25.5. The molecule has 3 aromatic carbocycles. The summed E-state index contributed by atoms with van der Waals surface area (Å²) in [4.78, 5) is 20.9. The molecule has 2 heterocycles. The van der Waals surface area contributed by atoms with E-state index in [1.165, 1.54) is 6.26 Å². The summed E-state index contributed by atoms with van der Waals surface area (Å²) in [6.07, 6.45) is 3.20. The standard InChI is InChI=1S/C25H22N4O3S/c1-3-29-13-12-17-14-18(6-11-23(17)29)25(30)26-19-7-10-21-22(15-19)28-24(27-21)16-4-8-20(9-5-16)33(2,31)32/h4-15H,3H2,1-2H3,(H,26,30)(H,27,28). The number of benzene rings is 3. The minimum absolute atomic E-state index is 0.184. The molecule has 1 amide bonds. The molecule has 2 aromatic heterocycles. The van der Waals surface area contributed by atoms with Crippen LogP contribution in [0.2, 0.25) is 0 Å². The number of fused-ring (bicyclic) bond motifs is 2. The number of imidazole rings is 1. The van der Waals surface area contributed by atoms with E-state index < -0.39 is 9.84 Å². The average Bonchev–Trinajstić information content (AvgIpc) is 3.41. The lowest BCUT2D eigenvalue weighted by molar-refractivity contribution is 0.102. The topological polar surface area (TPSA) is 96.8 Å². The van der Waals surface area contributed by atoms with E-state index in [1.54, 1.807) is 24.3 Å². The van der Waals surface area contributed by atoms with Crippen molar-refractivity contribution in [1.29, 1.82) is 0 Å². The first-order chi connectivity index (χ1) is 15.8. The van der Waals surface area contributed by atoms with Gasteiger partial charge in [0.15, 0.2) is 9.84 Å². The van der Waals surface area contributed by atoms with Crippen LogP contribution in [0.1, 0.15) is 17.3 Å². The van der Waals surface area contributed by atoms with E-state index in [1.807, 2.05) is 48.7 Å². The van der Waals surface area contributed by atoms with Crippen molar-refractivity contribution in [3.63, 3.8) is 0 Å². The van der Waals surface area contributed by atoms with Crippen molar-refractivity contribution in [2.45, 2.75) is 18.4 Å². The number of carbonyl (C=O) groups excluding carboxylic acids is 1. The molecule has 33 heavy (non-hydrogen) atoms. The van der Waals surface area contributed by atoms with Crippen molar-refractivity contribution in [3.8, 4) is 11.4 Å². The Labute approximate surface area is 191 Å². The molecular weight excluding hydrogens is 436 g/mol. The van der Waals surface area contributed by atoms with Crippen molar-refractivity contribution in [1.82, 2.24) is 14.5 Å². The Hall–Kier alpha value is -3.91. The normalized spacial score (nSPS) is 11.8. The molecule has 2 N–H and O–H groups in total. The third-order valence-corrected chi connectivity index (χ3v) is 6.80. The van der Waals surface area contributed by atoms with Crippen LogP contribution in [-0.4, -0.2) is 35.1 Å². The highest BCUT2D eigenvalue weighted by molar-refractivity contribution is 7.90. The summed E-state index contributed by atoms with van der Waals surface area (Å²) in [6, 6.07) is 19.7. The van der Waals surface area contributed by atoms with Gasteiger partial charge in [0.1, 0.15) is 5.82 Å². The molecule has 0 bridgehead atoms. The van der Waals surface area contributed by atoms with Crippen molar-refractivity contribution >= 4 is 43.4 Å². The molecule has 0 aliphatic rings. The second-order valence-electron chi connectivity index (χ2n) is 7.94. The number of aromatic amines is 1. The fourth-order valence-corrected chi connectivity index (χ4v) is 4.53. The summed E-state index contributed by atoms with van der Waals surface area (Å²) in [5.41, 5.74) is 4.64. The molecule has 7 nitrogen and oxygen atoms in total. The largest absolute Gasteiger partial charge is 0.348 e. The number of nitrogens with zero attached hydrogens (tertiary/aromatic N) is 2. The van der Waals surface area contributed by atoms with Gasteiger partial charge >= 0.3 is 0 Å². The third kappa shape index (κ3) is 4.01. The first-order valence-corrected chi connectivity index (χ1v) is 12.4. The van der Waals surface area contributed by atoms with Crippen LogP contribution < -0.4 is 5.32 Å². The number of carbonyl (C=O) groups is 1. The van der Waals surface area contributed by atoms with Gasteiger partial charge in [-0.2, -0.15) is 0 Å². The van der Waals surface area contributed by atoms with Crippen LogP contribution in [0.4, 0.5) is 5.69 Å². The van der Waals surface area contributed by atoms with E-state index in [2.05, 4.69) is 26.8 Å². The van der Waals surface area contributed by atoms with E-state index in [0.29, 0.717) is 17.1 Å². The molecule has 0 saturated heterocycles. The van der Waals surface area contributed by atoms with Gasteiger partial charge in [-0.1, -0.05) is 0 Å². The summed E-state index contributed by atoms with van der Waals surface area (Å²) >= 11 is 0. The zero-order valence-corrected chi connectivity index (χ0v) is 19.0. The van der Waals surface area contributed by atoms with Gasteiger partial charge in [-0.25, -0.2) is 13.4 Å². The van der Waals surface area contributed by atoms with Gasteiger partial charge < -0.3 is 14.9 Å². The molecule has 8 heteroatoms. The van der Waals surface area contributed by atoms with E-state index in [0.717, 1.165) is 34.0 Å². The Balaban J connectivity index is 1.39. The summed E-state index contributed by atoms with van der Waals surface area (Å²) in [5, 5.41) is 3.98. The van der Waals surface area contributed by atoms with Gasteiger partial charge in [0, 0.05) is 46.7 Å². The number of aryl methyl sites for hydroxylation is 1. The maximum Gasteiger partial charge on any atom is 0.255 e. The predicted molar refractivity (Wildman–Crippen MR) is 130 cm³/mol. The van der Waals surface area contributed by atoms with E-state index in [4.69, 9.17) is 0 Å². The monoisotopic (exact) mass is 458 g/mol. The molecular formula is C25H22N4O3S. The van der Waals surface area contributed by atoms with Crippen molar-refractivity contribution < 1.29 is 13.2 Å². The van der Waals surface area contributed by atoms with Crippen molar-refractivity contribution in [3.05, 3.63) is 78.5 Å². The smallest absolute Gasteiger partial charge is 0.255 e. The Morgan fingerprint density at radius 2 is 1.82 bits per heavy atom.